The second-order valence-corrected chi connectivity index (χ2v) is 6.50. The molecule has 1 aliphatic carbocycles. The first-order valence-corrected chi connectivity index (χ1v) is 7.20. The fourth-order valence-electron chi connectivity index (χ4n) is 2.86. The number of nitrogens with one attached hydrogen (secondary N) is 1. The van der Waals surface area contributed by atoms with E-state index in [-0.39, 0.29) is 0 Å². The summed E-state index contributed by atoms with van der Waals surface area (Å²) in [5.74, 6) is 2.35. The van der Waals surface area contributed by atoms with E-state index in [1.54, 1.807) is 0 Å². The Bertz CT molecular complexity index is 183. The van der Waals surface area contributed by atoms with Crippen molar-refractivity contribution in [2.24, 2.45) is 5.92 Å². The summed E-state index contributed by atoms with van der Waals surface area (Å²) in [5, 5.41) is 4.74. The van der Waals surface area contributed by atoms with Crippen LogP contribution in [0.3, 0.4) is 0 Å². The third kappa shape index (κ3) is 2.66. The molecule has 2 heteroatoms. The summed E-state index contributed by atoms with van der Waals surface area (Å²) >= 11 is 2.13. The van der Waals surface area contributed by atoms with Crippen molar-refractivity contribution in [2.75, 3.05) is 5.75 Å². The lowest BCUT2D eigenvalue weighted by molar-refractivity contribution is 0.427. The Morgan fingerprint density at radius 2 is 2.07 bits per heavy atom. The summed E-state index contributed by atoms with van der Waals surface area (Å²) in [5.41, 5.74) is 0. The van der Waals surface area contributed by atoms with Gasteiger partial charge in [0.2, 0.25) is 0 Å². The van der Waals surface area contributed by atoms with Gasteiger partial charge in [0, 0.05) is 23.1 Å². The molecule has 2 aliphatic rings. The van der Waals surface area contributed by atoms with Crippen LogP contribution in [0, 0.1) is 5.92 Å². The summed E-state index contributed by atoms with van der Waals surface area (Å²) in [6.07, 6.45) is 7.09. The van der Waals surface area contributed by atoms with Crippen LogP contribution in [0.5, 0.6) is 0 Å². The lowest BCUT2D eigenvalue weighted by Gasteiger charge is -2.18. The monoisotopic (exact) mass is 213 g/mol. The van der Waals surface area contributed by atoms with Gasteiger partial charge in [-0.2, -0.15) is 11.8 Å². The molecule has 2 fully saturated rings. The Labute approximate surface area is 92.4 Å². The van der Waals surface area contributed by atoms with E-state index in [4.69, 9.17) is 0 Å². The predicted octanol–water partition coefficient (Wildman–Crippen LogP) is 3.05. The van der Waals surface area contributed by atoms with E-state index in [1.165, 1.54) is 37.9 Å². The molecule has 0 aromatic rings. The molecule has 0 aromatic carbocycles. The summed E-state index contributed by atoms with van der Waals surface area (Å²) in [4.78, 5) is 0. The van der Waals surface area contributed by atoms with Gasteiger partial charge in [-0.3, -0.25) is 0 Å². The highest BCUT2D eigenvalue weighted by Crippen LogP contribution is 2.31. The summed E-state index contributed by atoms with van der Waals surface area (Å²) in [6, 6.07) is 1.66. The largest absolute Gasteiger partial charge is 0.310 e. The number of thioether (sulfide) groups is 1. The summed E-state index contributed by atoms with van der Waals surface area (Å²) < 4.78 is 0. The second kappa shape index (κ2) is 4.89. The lowest BCUT2D eigenvalue weighted by Crippen LogP contribution is -2.37. The summed E-state index contributed by atoms with van der Waals surface area (Å²) in [6.45, 7) is 4.69. The zero-order chi connectivity index (χ0) is 9.97. The van der Waals surface area contributed by atoms with Gasteiger partial charge < -0.3 is 5.32 Å². The van der Waals surface area contributed by atoms with Crippen molar-refractivity contribution in [3.8, 4) is 0 Å². The zero-order valence-corrected chi connectivity index (χ0v) is 10.3. The molecule has 1 saturated heterocycles. The third-order valence-corrected chi connectivity index (χ3v) is 5.14. The van der Waals surface area contributed by atoms with E-state index >= 15 is 0 Å². The molecule has 0 amide bonds. The summed E-state index contributed by atoms with van der Waals surface area (Å²) in [7, 11) is 0. The van der Waals surface area contributed by atoms with E-state index < -0.39 is 0 Å². The van der Waals surface area contributed by atoms with E-state index in [9.17, 15) is 0 Å². The van der Waals surface area contributed by atoms with E-state index in [2.05, 4.69) is 30.9 Å². The maximum absolute atomic E-state index is 3.85. The molecule has 1 N–H and O–H groups in total. The van der Waals surface area contributed by atoms with Crippen molar-refractivity contribution >= 4 is 11.8 Å². The van der Waals surface area contributed by atoms with Gasteiger partial charge in [0.1, 0.15) is 0 Å². The highest BCUT2D eigenvalue weighted by molar-refractivity contribution is 8.00. The number of rotatable bonds is 3. The SMILES string of the molecule is CCC1CCC(NC2CSC(C)C2)C1. The van der Waals surface area contributed by atoms with E-state index in [1.807, 2.05) is 0 Å². The van der Waals surface area contributed by atoms with Crippen LogP contribution in [-0.2, 0) is 0 Å². The molecule has 4 atom stereocenters. The first kappa shape index (κ1) is 10.8. The average Bonchev–Trinajstić information content (AvgIpc) is 2.76. The van der Waals surface area contributed by atoms with Crippen LogP contribution in [0.4, 0.5) is 0 Å². The third-order valence-electron chi connectivity index (χ3n) is 3.79. The van der Waals surface area contributed by atoms with Crippen molar-refractivity contribution in [3.63, 3.8) is 0 Å². The van der Waals surface area contributed by atoms with Crippen LogP contribution in [0.1, 0.15) is 46.0 Å². The smallest absolute Gasteiger partial charge is 0.0171 e. The molecule has 1 nitrogen and oxygen atoms in total. The van der Waals surface area contributed by atoms with Crippen molar-refractivity contribution in [1.29, 1.82) is 0 Å². The van der Waals surface area contributed by atoms with Crippen molar-refractivity contribution < 1.29 is 0 Å². The number of hydrogen-bond acceptors (Lipinski definition) is 2. The molecule has 0 bridgehead atoms. The Morgan fingerprint density at radius 3 is 2.64 bits per heavy atom. The minimum Gasteiger partial charge on any atom is -0.310 e. The fraction of sp³-hybridized carbons (Fsp3) is 1.00. The molecule has 1 saturated carbocycles. The maximum atomic E-state index is 3.85. The van der Waals surface area contributed by atoms with Crippen molar-refractivity contribution in [3.05, 3.63) is 0 Å². The minimum atomic E-state index is 0.815. The quantitative estimate of drug-likeness (QED) is 0.773. The second-order valence-electron chi connectivity index (χ2n) is 5.03. The van der Waals surface area contributed by atoms with Crippen molar-refractivity contribution in [1.82, 2.24) is 5.32 Å². The molecule has 4 unspecified atom stereocenters. The molecular weight excluding hydrogens is 190 g/mol. The molecule has 0 radical (unpaired) electrons. The Hall–Kier alpha value is 0.310. The first-order valence-electron chi connectivity index (χ1n) is 6.15. The van der Waals surface area contributed by atoms with Crippen LogP contribution in [-0.4, -0.2) is 23.1 Å². The Balaban J connectivity index is 1.71. The maximum Gasteiger partial charge on any atom is 0.0171 e. The van der Waals surface area contributed by atoms with Crippen molar-refractivity contribution in [2.45, 2.75) is 63.3 Å². The topological polar surface area (TPSA) is 12.0 Å². The molecule has 0 aromatic heterocycles. The molecule has 0 spiro atoms. The molecule has 1 aliphatic heterocycles. The van der Waals surface area contributed by atoms with Crippen LogP contribution in [0.15, 0.2) is 0 Å². The zero-order valence-electron chi connectivity index (χ0n) is 9.46. The van der Waals surface area contributed by atoms with Gasteiger partial charge in [-0.15, -0.1) is 0 Å². The highest BCUT2D eigenvalue weighted by Gasteiger charge is 2.28. The highest BCUT2D eigenvalue weighted by atomic mass is 32.2. The average molecular weight is 213 g/mol. The van der Waals surface area contributed by atoms with Gasteiger partial charge in [0.25, 0.3) is 0 Å². The van der Waals surface area contributed by atoms with Crippen LogP contribution in [0.25, 0.3) is 0 Å². The molecule has 2 rings (SSSR count). The number of hydrogen-bond donors (Lipinski definition) is 1. The Morgan fingerprint density at radius 1 is 1.21 bits per heavy atom. The predicted molar refractivity (Wildman–Crippen MR) is 64.9 cm³/mol. The Kier molecular flexibility index (Phi) is 3.78. The lowest BCUT2D eigenvalue weighted by atomic mass is 10.1. The van der Waals surface area contributed by atoms with Gasteiger partial charge in [-0.05, 0) is 31.6 Å². The molecule has 1 heterocycles. The molecule has 14 heavy (non-hydrogen) atoms. The first-order chi connectivity index (χ1) is 6.78. The molecule has 82 valence electrons. The molecular formula is C12H23NS. The van der Waals surface area contributed by atoms with Crippen LogP contribution >= 0.6 is 11.8 Å². The van der Waals surface area contributed by atoms with E-state index in [0.717, 1.165) is 23.3 Å². The van der Waals surface area contributed by atoms with Gasteiger partial charge in [0.05, 0.1) is 0 Å². The minimum absolute atomic E-state index is 0.815. The standard InChI is InChI=1S/C12H23NS/c1-3-10-4-5-11(7-10)13-12-6-9(2)14-8-12/h9-13H,3-8H2,1-2H3. The van der Waals surface area contributed by atoms with Gasteiger partial charge in [-0.1, -0.05) is 20.3 Å². The normalized spacial score (nSPS) is 43.3. The van der Waals surface area contributed by atoms with Gasteiger partial charge in [-0.25, -0.2) is 0 Å². The fourth-order valence-corrected chi connectivity index (χ4v) is 4.03. The van der Waals surface area contributed by atoms with E-state index in [0.29, 0.717) is 0 Å². The van der Waals surface area contributed by atoms with Crippen LogP contribution < -0.4 is 5.32 Å². The van der Waals surface area contributed by atoms with Crippen LogP contribution in [0.2, 0.25) is 0 Å². The van der Waals surface area contributed by atoms with Gasteiger partial charge in [0.15, 0.2) is 0 Å². The van der Waals surface area contributed by atoms with Gasteiger partial charge >= 0.3 is 0 Å².